The second-order valence-corrected chi connectivity index (χ2v) is 6.19. The number of nitrogens with one attached hydrogen (secondary N) is 1. The fourth-order valence-electron chi connectivity index (χ4n) is 2.71. The van der Waals surface area contributed by atoms with Crippen molar-refractivity contribution in [1.29, 1.82) is 0 Å². The van der Waals surface area contributed by atoms with Crippen molar-refractivity contribution in [3.63, 3.8) is 0 Å². The Labute approximate surface area is 166 Å². The van der Waals surface area contributed by atoms with Gasteiger partial charge in [0.25, 0.3) is 11.8 Å². The molecule has 0 spiro atoms. The van der Waals surface area contributed by atoms with E-state index in [1.807, 2.05) is 6.92 Å². The molecule has 0 aliphatic carbocycles. The minimum absolute atomic E-state index is 0.192. The van der Waals surface area contributed by atoms with E-state index in [0.717, 1.165) is 4.90 Å². The number of nitrogens with zero attached hydrogens (tertiary/aromatic N) is 1. The minimum Gasteiger partial charge on any atom is -0.495 e. The largest absolute Gasteiger partial charge is 0.495 e. The molecule has 0 bridgehead atoms. The van der Waals surface area contributed by atoms with Crippen molar-refractivity contribution in [2.75, 3.05) is 18.6 Å². The van der Waals surface area contributed by atoms with Crippen molar-refractivity contribution in [1.82, 2.24) is 5.32 Å². The lowest BCUT2D eigenvalue weighted by molar-refractivity contribution is -0.122. The number of carbonyl (C=O) groups excluding carboxylic acids is 3. The lowest BCUT2D eigenvalue weighted by Crippen LogP contribution is -2.54. The quantitative estimate of drug-likeness (QED) is 0.614. The number of urea groups is 1. The Hall–Kier alpha value is -3.32. The maximum Gasteiger partial charge on any atom is 0.335 e. The summed E-state index contributed by atoms with van der Waals surface area (Å²) in [5, 5.41) is 2.51. The van der Waals surface area contributed by atoms with Crippen LogP contribution in [0.1, 0.15) is 12.5 Å². The highest BCUT2D eigenvalue weighted by molar-refractivity contribution is 6.39. The molecule has 1 heterocycles. The second-order valence-electron chi connectivity index (χ2n) is 5.78. The number of imide groups is 2. The molecule has 7 nitrogen and oxygen atoms in total. The van der Waals surface area contributed by atoms with Gasteiger partial charge in [0.15, 0.2) is 0 Å². The van der Waals surface area contributed by atoms with Crippen LogP contribution in [0.15, 0.2) is 48.0 Å². The molecule has 0 atom stereocenters. The van der Waals surface area contributed by atoms with E-state index in [0.29, 0.717) is 34.4 Å². The topological polar surface area (TPSA) is 84.9 Å². The third-order valence-corrected chi connectivity index (χ3v) is 4.27. The average Bonchev–Trinajstić information content (AvgIpc) is 2.66. The number of rotatable bonds is 5. The number of hydrogen-bond acceptors (Lipinski definition) is 5. The average molecular weight is 401 g/mol. The van der Waals surface area contributed by atoms with Gasteiger partial charge in [0.2, 0.25) is 0 Å². The van der Waals surface area contributed by atoms with E-state index < -0.39 is 17.8 Å². The van der Waals surface area contributed by atoms with Gasteiger partial charge < -0.3 is 9.47 Å². The van der Waals surface area contributed by atoms with Crippen LogP contribution in [0.2, 0.25) is 5.02 Å². The molecular weight excluding hydrogens is 384 g/mol. The van der Waals surface area contributed by atoms with Gasteiger partial charge in [-0.05, 0) is 42.8 Å². The van der Waals surface area contributed by atoms with Gasteiger partial charge in [0.05, 0.1) is 24.4 Å². The summed E-state index contributed by atoms with van der Waals surface area (Å²) < 4.78 is 10.5. The van der Waals surface area contributed by atoms with Crippen molar-refractivity contribution < 1.29 is 23.9 Å². The SMILES string of the molecule is CCOc1cccc(N2C(=O)NC(=O)/C(=C/c3ccc(OC)c(Cl)c3)C2=O)c1. The Morgan fingerprint density at radius 1 is 1.14 bits per heavy atom. The standard InChI is InChI=1S/C20H17ClN2O5/c1-3-28-14-6-4-5-13(11-14)23-19(25)15(18(24)22-20(23)26)9-12-7-8-17(27-2)16(21)10-12/h4-11H,3H2,1-2H3,(H,22,24,26)/b15-9-. The Balaban J connectivity index is 1.98. The Kier molecular flexibility index (Phi) is 5.65. The van der Waals surface area contributed by atoms with E-state index in [4.69, 9.17) is 21.1 Å². The molecule has 0 aromatic heterocycles. The van der Waals surface area contributed by atoms with Gasteiger partial charge in [-0.15, -0.1) is 0 Å². The fourth-order valence-corrected chi connectivity index (χ4v) is 2.98. The van der Waals surface area contributed by atoms with Crippen LogP contribution in [0.4, 0.5) is 10.5 Å². The summed E-state index contributed by atoms with van der Waals surface area (Å²) in [4.78, 5) is 38.3. The molecule has 3 rings (SSSR count). The van der Waals surface area contributed by atoms with E-state index in [1.54, 1.807) is 42.5 Å². The highest BCUT2D eigenvalue weighted by atomic mass is 35.5. The first-order valence-electron chi connectivity index (χ1n) is 8.42. The van der Waals surface area contributed by atoms with Crippen LogP contribution in [-0.2, 0) is 9.59 Å². The summed E-state index contributed by atoms with van der Waals surface area (Å²) in [7, 11) is 1.48. The number of methoxy groups -OCH3 is 1. The smallest absolute Gasteiger partial charge is 0.335 e. The van der Waals surface area contributed by atoms with Crippen molar-refractivity contribution in [3.8, 4) is 11.5 Å². The molecule has 2 aromatic rings. The zero-order valence-corrected chi connectivity index (χ0v) is 15.9. The highest BCUT2D eigenvalue weighted by Crippen LogP contribution is 2.28. The normalized spacial score (nSPS) is 15.6. The third kappa shape index (κ3) is 3.84. The Morgan fingerprint density at radius 3 is 2.61 bits per heavy atom. The van der Waals surface area contributed by atoms with Crippen LogP contribution in [0.5, 0.6) is 11.5 Å². The van der Waals surface area contributed by atoms with Gasteiger partial charge >= 0.3 is 6.03 Å². The summed E-state index contributed by atoms with van der Waals surface area (Å²) in [5.74, 6) is -0.550. The van der Waals surface area contributed by atoms with E-state index in [1.165, 1.54) is 13.2 Å². The third-order valence-electron chi connectivity index (χ3n) is 3.98. The Bertz CT molecular complexity index is 986. The Morgan fingerprint density at radius 2 is 1.93 bits per heavy atom. The number of carbonyl (C=O) groups is 3. The van der Waals surface area contributed by atoms with Crippen LogP contribution < -0.4 is 19.7 Å². The number of anilines is 1. The molecule has 1 fully saturated rings. The van der Waals surface area contributed by atoms with Crippen LogP contribution >= 0.6 is 11.6 Å². The molecule has 144 valence electrons. The molecule has 1 saturated heterocycles. The van der Waals surface area contributed by atoms with Gasteiger partial charge in [-0.25, -0.2) is 9.69 Å². The number of halogens is 1. The second kappa shape index (κ2) is 8.14. The van der Waals surface area contributed by atoms with E-state index in [9.17, 15) is 14.4 Å². The highest BCUT2D eigenvalue weighted by Gasteiger charge is 2.37. The van der Waals surface area contributed by atoms with Gasteiger partial charge in [0.1, 0.15) is 17.1 Å². The van der Waals surface area contributed by atoms with Crippen LogP contribution in [0.25, 0.3) is 6.08 Å². The summed E-state index contributed by atoms with van der Waals surface area (Å²) in [6.45, 7) is 2.26. The molecule has 1 aliphatic heterocycles. The van der Waals surface area contributed by atoms with Crippen molar-refractivity contribution in [3.05, 3.63) is 58.6 Å². The summed E-state index contributed by atoms with van der Waals surface area (Å²) >= 11 is 6.10. The monoisotopic (exact) mass is 400 g/mol. The molecule has 1 N–H and O–H groups in total. The molecule has 2 aromatic carbocycles. The van der Waals surface area contributed by atoms with Gasteiger partial charge in [-0.1, -0.05) is 23.7 Å². The predicted molar refractivity (Wildman–Crippen MR) is 105 cm³/mol. The number of barbiturate groups is 1. The van der Waals surface area contributed by atoms with Crippen molar-refractivity contribution in [2.24, 2.45) is 0 Å². The summed E-state index contributed by atoms with van der Waals surface area (Å²) in [5.41, 5.74) is 0.615. The molecule has 0 radical (unpaired) electrons. The maximum atomic E-state index is 12.9. The molecule has 4 amide bonds. The van der Waals surface area contributed by atoms with E-state index >= 15 is 0 Å². The summed E-state index contributed by atoms with van der Waals surface area (Å²) in [6, 6.07) is 10.5. The fraction of sp³-hybridized carbons (Fsp3) is 0.150. The minimum atomic E-state index is -0.825. The first kappa shape index (κ1) is 19.4. The molecule has 1 aliphatic rings. The van der Waals surface area contributed by atoms with Crippen molar-refractivity contribution >= 4 is 41.2 Å². The molecular formula is C20H17ClN2O5. The van der Waals surface area contributed by atoms with Gasteiger partial charge in [-0.3, -0.25) is 14.9 Å². The number of benzene rings is 2. The first-order valence-corrected chi connectivity index (χ1v) is 8.80. The van der Waals surface area contributed by atoms with Gasteiger partial charge in [0, 0.05) is 6.07 Å². The van der Waals surface area contributed by atoms with Gasteiger partial charge in [-0.2, -0.15) is 0 Å². The molecule has 28 heavy (non-hydrogen) atoms. The maximum absolute atomic E-state index is 12.9. The molecule has 8 heteroatoms. The predicted octanol–water partition coefficient (Wildman–Crippen LogP) is 3.41. The lowest BCUT2D eigenvalue weighted by Gasteiger charge is -2.26. The van der Waals surface area contributed by atoms with Crippen LogP contribution in [0.3, 0.4) is 0 Å². The number of ether oxygens (including phenoxy) is 2. The number of amides is 4. The van der Waals surface area contributed by atoms with Crippen molar-refractivity contribution in [2.45, 2.75) is 6.92 Å². The summed E-state index contributed by atoms with van der Waals surface area (Å²) in [6.07, 6.45) is 1.37. The zero-order chi connectivity index (χ0) is 20.3. The van der Waals surface area contributed by atoms with Crippen LogP contribution in [-0.4, -0.2) is 31.6 Å². The lowest BCUT2D eigenvalue weighted by atomic mass is 10.1. The van der Waals surface area contributed by atoms with E-state index in [-0.39, 0.29) is 5.57 Å². The van der Waals surface area contributed by atoms with Crippen LogP contribution in [0, 0.1) is 0 Å². The number of hydrogen-bond donors (Lipinski definition) is 1. The molecule has 0 unspecified atom stereocenters. The molecule has 0 saturated carbocycles. The zero-order valence-electron chi connectivity index (χ0n) is 15.2. The first-order chi connectivity index (χ1) is 13.4. The van der Waals surface area contributed by atoms with E-state index in [2.05, 4.69) is 5.32 Å².